The second-order valence-electron chi connectivity index (χ2n) is 5.13. The molecule has 92 valence electrons. The van der Waals surface area contributed by atoms with Crippen molar-refractivity contribution >= 4 is 11.6 Å². The Kier molecular flexibility index (Phi) is 3.36. The summed E-state index contributed by atoms with van der Waals surface area (Å²) in [5.74, 6) is 1.25. The summed E-state index contributed by atoms with van der Waals surface area (Å²) >= 11 is 0. The van der Waals surface area contributed by atoms with Crippen LogP contribution < -0.4 is 10.6 Å². The molecule has 0 aliphatic carbocycles. The Morgan fingerprint density at radius 3 is 2.82 bits per heavy atom. The molecule has 17 heavy (non-hydrogen) atoms. The molecule has 2 rings (SSSR count). The molecule has 0 saturated heterocycles. The molecule has 0 fully saturated rings. The molecule has 1 unspecified atom stereocenters. The first-order valence-electron chi connectivity index (χ1n) is 6.26. The van der Waals surface area contributed by atoms with E-state index in [0.717, 1.165) is 13.0 Å². The zero-order valence-electron chi connectivity index (χ0n) is 10.9. The standard InChI is InChI=1S/C14H21N3/c1-10(2)16-14(15)17-9-11(3)8-12-6-4-5-7-13(12)17/h4-7,10-11H,8-9H2,1-3H3,(H2,15,16). The monoisotopic (exact) mass is 231 g/mol. The minimum Gasteiger partial charge on any atom is -0.370 e. The van der Waals surface area contributed by atoms with Crippen molar-refractivity contribution in [2.75, 3.05) is 11.4 Å². The van der Waals surface area contributed by atoms with Gasteiger partial charge in [-0.1, -0.05) is 25.1 Å². The van der Waals surface area contributed by atoms with E-state index in [1.807, 2.05) is 13.8 Å². The number of benzene rings is 1. The normalized spacial score (nSPS) is 20.6. The number of nitrogens with two attached hydrogens (primary N) is 1. The number of anilines is 1. The van der Waals surface area contributed by atoms with Crippen LogP contribution in [0.1, 0.15) is 26.3 Å². The number of hydrogen-bond acceptors (Lipinski definition) is 1. The molecule has 0 radical (unpaired) electrons. The van der Waals surface area contributed by atoms with Crippen LogP contribution in [-0.2, 0) is 6.42 Å². The van der Waals surface area contributed by atoms with Crippen LogP contribution in [0.15, 0.2) is 29.3 Å². The number of guanidine groups is 1. The van der Waals surface area contributed by atoms with Crippen molar-refractivity contribution < 1.29 is 0 Å². The first-order valence-corrected chi connectivity index (χ1v) is 6.26. The summed E-state index contributed by atoms with van der Waals surface area (Å²) in [5, 5.41) is 0. The molecule has 1 aliphatic rings. The van der Waals surface area contributed by atoms with Gasteiger partial charge in [-0.25, -0.2) is 0 Å². The van der Waals surface area contributed by atoms with Crippen molar-refractivity contribution in [2.24, 2.45) is 16.6 Å². The largest absolute Gasteiger partial charge is 0.370 e. The third-order valence-electron chi connectivity index (χ3n) is 3.01. The van der Waals surface area contributed by atoms with E-state index in [1.54, 1.807) is 0 Å². The summed E-state index contributed by atoms with van der Waals surface area (Å²) in [5.41, 5.74) is 8.69. The number of fused-ring (bicyclic) bond motifs is 1. The van der Waals surface area contributed by atoms with Crippen molar-refractivity contribution in [3.8, 4) is 0 Å². The number of aliphatic imine (C=N–C) groups is 1. The average molecular weight is 231 g/mol. The fraction of sp³-hybridized carbons (Fsp3) is 0.500. The summed E-state index contributed by atoms with van der Waals surface area (Å²) in [6, 6.07) is 8.69. The Balaban J connectivity index is 2.36. The molecule has 3 heteroatoms. The maximum atomic E-state index is 6.10. The lowest BCUT2D eigenvalue weighted by molar-refractivity contribution is 0.565. The molecule has 3 nitrogen and oxygen atoms in total. The van der Waals surface area contributed by atoms with Crippen molar-refractivity contribution in [1.29, 1.82) is 0 Å². The summed E-state index contributed by atoms with van der Waals surface area (Å²) < 4.78 is 0. The van der Waals surface area contributed by atoms with Gasteiger partial charge in [0.1, 0.15) is 0 Å². The van der Waals surface area contributed by atoms with Gasteiger partial charge in [-0.2, -0.15) is 0 Å². The lowest BCUT2D eigenvalue weighted by atomic mass is 9.94. The highest BCUT2D eigenvalue weighted by Crippen LogP contribution is 2.29. The summed E-state index contributed by atoms with van der Waals surface area (Å²) in [4.78, 5) is 6.60. The highest BCUT2D eigenvalue weighted by Gasteiger charge is 2.23. The van der Waals surface area contributed by atoms with Crippen LogP contribution in [0.3, 0.4) is 0 Å². The zero-order valence-corrected chi connectivity index (χ0v) is 10.9. The van der Waals surface area contributed by atoms with Gasteiger partial charge < -0.3 is 10.6 Å². The van der Waals surface area contributed by atoms with Gasteiger partial charge in [-0.05, 0) is 37.8 Å². The number of para-hydroxylation sites is 1. The van der Waals surface area contributed by atoms with Crippen LogP contribution in [-0.4, -0.2) is 18.5 Å². The predicted molar refractivity (Wildman–Crippen MR) is 73.4 cm³/mol. The van der Waals surface area contributed by atoms with Gasteiger partial charge in [0.2, 0.25) is 0 Å². The quantitative estimate of drug-likeness (QED) is 0.595. The van der Waals surface area contributed by atoms with Crippen molar-refractivity contribution in [3.63, 3.8) is 0 Å². The molecule has 1 aromatic rings. The van der Waals surface area contributed by atoms with Gasteiger partial charge in [0.05, 0.1) is 0 Å². The molecule has 1 heterocycles. The van der Waals surface area contributed by atoms with Gasteiger partial charge in [0.15, 0.2) is 5.96 Å². The van der Waals surface area contributed by atoms with Crippen molar-refractivity contribution in [2.45, 2.75) is 33.2 Å². The lowest BCUT2D eigenvalue weighted by Crippen LogP contribution is -2.44. The Morgan fingerprint density at radius 2 is 2.12 bits per heavy atom. The Morgan fingerprint density at radius 1 is 1.41 bits per heavy atom. The summed E-state index contributed by atoms with van der Waals surface area (Å²) in [7, 11) is 0. The van der Waals surface area contributed by atoms with Crippen molar-refractivity contribution in [1.82, 2.24) is 0 Å². The highest BCUT2D eigenvalue weighted by molar-refractivity contribution is 5.96. The predicted octanol–water partition coefficient (Wildman–Crippen LogP) is 2.41. The van der Waals surface area contributed by atoms with E-state index in [-0.39, 0.29) is 6.04 Å². The summed E-state index contributed by atoms with van der Waals surface area (Å²) in [6.45, 7) is 7.31. The molecule has 0 aromatic heterocycles. The van der Waals surface area contributed by atoms with E-state index < -0.39 is 0 Å². The van der Waals surface area contributed by atoms with E-state index in [9.17, 15) is 0 Å². The number of nitrogens with zero attached hydrogens (tertiary/aromatic N) is 2. The Labute approximate surface area is 103 Å². The lowest BCUT2D eigenvalue weighted by Gasteiger charge is -2.34. The number of rotatable bonds is 1. The molecular formula is C14H21N3. The van der Waals surface area contributed by atoms with E-state index >= 15 is 0 Å². The van der Waals surface area contributed by atoms with Crippen LogP contribution >= 0.6 is 0 Å². The first kappa shape index (κ1) is 12.0. The van der Waals surface area contributed by atoms with Crippen LogP contribution in [0.25, 0.3) is 0 Å². The smallest absolute Gasteiger partial charge is 0.196 e. The molecule has 2 N–H and O–H groups in total. The molecular weight excluding hydrogens is 210 g/mol. The topological polar surface area (TPSA) is 41.6 Å². The third kappa shape index (κ3) is 2.60. The second-order valence-corrected chi connectivity index (χ2v) is 5.13. The van der Waals surface area contributed by atoms with E-state index in [2.05, 4.69) is 41.1 Å². The maximum absolute atomic E-state index is 6.10. The molecule has 1 atom stereocenters. The van der Waals surface area contributed by atoms with Crippen LogP contribution in [0.5, 0.6) is 0 Å². The van der Waals surface area contributed by atoms with Gasteiger partial charge in [-0.3, -0.25) is 4.99 Å². The molecule has 0 amide bonds. The zero-order chi connectivity index (χ0) is 12.4. The summed E-state index contributed by atoms with van der Waals surface area (Å²) in [6.07, 6.45) is 1.13. The second kappa shape index (κ2) is 4.78. The molecule has 0 saturated carbocycles. The maximum Gasteiger partial charge on any atom is 0.196 e. The van der Waals surface area contributed by atoms with E-state index in [1.165, 1.54) is 11.3 Å². The highest BCUT2D eigenvalue weighted by atomic mass is 15.3. The molecule has 1 aliphatic heterocycles. The van der Waals surface area contributed by atoms with Crippen molar-refractivity contribution in [3.05, 3.63) is 29.8 Å². The van der Waals surface area contributed by atoms with Crippen LogP contribution in [0.2, 0.25) is 0 Å². The fourth-order valence-corrected chi connectivity index (χ4v) is 2.35. The average Bonchev–Trinajstić information content (AvgIpc) is 2.26. The number of hydrogen-bond donors (Lipinski definition) is 1. The van der Waals surface area contributed by atoms with E-state index in [0.29, 0.717) is 11.9 Å². The van der Waals surface area contributed by atoms with Gasteiger partial charge in [0, 0.05) is 18.3 Å². The molecule has 1 aromatic carbocycles. The first-order chi connectivity index (χ1) is 8.08. The molecule has 0 bridgehead atoms. The minimum absolute atomic E-state index is 0.236. The van der Waals surface area contributed by atoms with Gasteiger partial charge in [0.25, 0.3) is 0 Å². The third-order valence-corrected chi connectivity index (χ3v) is 3.01. The van der Waals surface area contributed by atoms with E-state index in [4.69, 9.17) is 5.73 Å². The van der Waals surface area contributed by atoms with Gasteiger partial charge >= 0.3 is 0 Å². The fourth-order valence-electron chi connectivity index (χ4n) is 2.35. The molecule has 0 spiro atoms. The van der Waals surface area contributed by atoms with Crippen LogP contribution in [0, 0.1) is 5.92 Å². The Bertz CT molecular complexity index is 423. The SMILES string of the molecule is CC1Cc2ccccc2N(C(N)=NC(C)C)C1. The minimum atomic E-state index is 0.236. The van der Waals surface area contributed by atoms with Gasteiger partial charge in [-0.15, -0.1) is 0 Å². The van der Waals surface area contributed by atoms with Crippen LogP contribution in [0.4, 0.5) is 5.69 Å². The Hall–Kier alpha value is -1.51.